The maximum absolute atomic E-state index is 12.5. The lowest BCUT2D eigenvalue weighted by molar-refractivity contribution is -0.142. The molecule has 0 fully saturated rings. The first kappa shape index (κ1) is 16.0. The van der Waals surface area contributed by atoms with Crippen molar-refractivity contribution in [3.63, 3.8) is 0 Å². The Bertz CT molecular complexity index is 446. The summed E-state index contributed by atoms with van der Waals surface area (Å²) < 4.78 is 0. The Labute approximate surface area is 120 Å². The number of hydrogen-bond acceptors (Lipinski definition) is 2. The van der Waals surface area contributed by atoms with Crippen LogP contribution in [0.15, 0.2) is 24.3 Å². The molecule has 2 N–H and O–H groups in total. The van der Waals surface area contributed by atoms with Crippen molar-refractivity contribution in [2.45, 2.75) is 39.8 Å². The van der Waals surface area contributed by atoms with Crippen LogP contribution in [0.5, 0.6) is 0 Å². The molecule has 0 aromatic heterocycles. The van der Waals surface area contributed by atoms with Crippen LogP contribution < -0.4 is 5.73 Å². The molecule has 0 unspecified atom stereocenters. The van der Waals surface area contributed by atoms with Gasteiger partial charge in [-0.3, -0.25) is 4.79 Å². The van der Waals surface area contributed by atoms with E-state index in [0.29, 0.717) is 11.6 Å². The average molecular weight is 283 g/mol. The summed E-state index contributed by atoms with van der Waals surface area (Å²) in [6.07, 6.45) is 0. The number of rotatable bonds is 4. The van der Waals surface area contributed by atoms with Crippen LogP contribution in [0.4, 0.5) is 0 Å². The lowest BCUT2D eigenvalue weighted by atomic mass is 9.74. The Morgan fingerprint density at radius 3 is 2.11 bits per heavy atom. The van der Waals surface area contributed by atoms with Crippen LogP contribution >= 0.6 is 11.6 Å². The smallest absolute Gasteiger partial charge is 0.230 e. The number of carbonyl (C=O) groups is 1. The summed E-state index contributed by atoms with van der Waals surface area (Å²) in [4.78, 5) is 14.2. The summed E-state index contributed by atoms with van der Waals surface area (Å²) in [5, 5.41) is 0.696. The topological polar surface area (TPSA) is 46.3 Å². The maximum Gasteiger partial charge on any atom is 0.230 e. The molecule has 106 valence electrons. The first-order valence-electron chi connectivity index (χ1n) is 6.34. The molecule has 0 saturated carbocycles. The lowest BCUT2D eigenvalue weighted by Gasteiger charge is -2.39. The van der Waals surface area contributed by atoms with Gasteiger partial charge < -0.3 is 10.6 Å². The minimum absolute atomic E-state index is 0.0370. The van der Waals surface area contributed by atoms with Crippen molar-refractivity contribution in [2.75, 3.05) is 7.05 Å². The Morgan fingerprint density at radius 2 is 1.68 bits per heavy atom. The largest absolute Gasteiger partial charge is 0.341 e. The van der Waals surface area contributed by atoms with E-state index in [0.717, 1.165) is 5.56 Å². The molecule has 19 heavy (non-hydrogen) atoms. The monoisotopic (exact) mass is 282 g/mol. The molecule has 0 radical (unpaired) electrons. The van der Waals surface area contributed by atoms with E-state index in [4.69, 9.17) is 17.3 Å². The van der Waals surface area contributed by atoms with Crippen LogP contribution in [0, 0.1) is 5.41 Å². The van der Waals surface area contributed by atoms with Gasteiger partial charge in [-0.25, -0.2) is 0 Å². The number of halogens is 1. The van der Waals surface area contributed by atoms with Crippen molar-refractivity contribution in [1.29, 1.82) is 0 Å². The fourth-order valence-electron chi connectivity index (χ4n) is 1.69. The second-order valence-electron chi connectivity index (χ2n) is 6.13. The van der Waals surface area contributed by atoms with Gasteiger partial charge in [0, 0.05) is 24.2 Å². The number of carbonyl (C=O) groups excluding carboxylic acids is 1. The minimum atomic E-state index is -0.617. The standard InChI is InChI=1S/C15H23ClN2O/c1-14(2,15(3,4)17)13(19)18(5)10-11-6-8-12(16)9-7-11/h6-9H,10,17H2,1-5H3. The highest BCUT2D eigenvalue weighted by molar-refractivity contribution is 6.30. The highest BCUT2D eigenvalue weighted by Crippen LogP contribution is 2.30. The van der Waals surface area contributed by atoms with Gasteiger partial charge in [0.15, 0.2) is 0 Å². The molecule has 1 rings (SSSR count). The van der Waals surface area contributed by atoms with Crippen LogP contribution in [-0.2, 0) is 11.3 Å². The van der Waals surface area contributed by atoms with Gasteiger partial charge in [0.25, 0.3) is 0 Å². The predicted octanol–water partition coefficient (Wildman–Crippen LogP) is 3.06. The van der Waals surface area contributed by atoms with Crippen molar-refractivity contribution in [3.05, 3.63) is 34.9 Å². The van der Waals surface area contributed by atoms with E-state index < -0.39 is 11.0 Å². The molecule has 1 aromatic carbocycles. The quantitative estimate of drug-likeness (QED) is 0.922. The van der Waals surface area contributed by atoms with Gasteiger partial charge >= 0.3 is 0 Å². The van der Waals surface area contributed by atoms with E-state index in [1.807, 2.05) is 52.0 Å². The zero-order chi connectivity index (χ0) is 14.8. The van der Waals surface area contributed by atoms with Crippen LogP contribution in [0.1, 0.15) is 33.3 Å². The van der Waals surface area contributed by atoms with Crippen molar-refractivity contribution in [1.82, 2.24) is 4.90 Å². The summed E-state index contributed by atoms with van der Waals surface area (Å²) in [7, 11) is 1.80. The summed E-state index contributed by atoms with van der Waals surface area (Å²) in [6, 6.07) is 7.50. The third kappa shape index (κ3) is 3.71. The van der Waals surface area contributed by atoms with Gasteiger partial charge in [0.1, 0.15) is 0 Å². The molecule has 4 heteroatoms. The molecular formula is C15H23ClN2O. The van der Waals surface area contributed by atoms with E-state index in [1.54, 1.807) is 11.9 Å². The second kappa shape index (κ2) is 5.51. The molecule has 1 amide bonds. The van der Waals surface area contributed by atoms with E-state index in [1.165, 1.54) is 0 Å². The van der Waals surface area contributed by atoms with Gasteiger partial charge in [-0.2, -0.15) is 0 Å². The Kier molecular flexibility index (Phi) is 4.64. The summed E-state index contributed by atoms with van der Waals surface area (Å²) in [5.41, 5.74) is 5.96. The van der Waals surface area contributed by atoms with Crippen LogP contribution in [0.25, 0.3) is 0 Å². The third-order valence-corrected chi connectivity index (χ3v) is 4.08. The third-order valence-electron chi connectivity index (χ3n) is 3.83. The van der Waals surface area contributed by atoms with Crippen LogP contribution in [-0.4, -0.2) is 23.4 Å². The number of benzene rings is 1. The van der Waals surface area contributed by atoms with Crippen molar-refractivity contribution < 1.29 is 4.79 Å². The molecular weight excluding hydrogens is 260 g/mol. The first-order valence-corrected chi connectivity index (χ1v) is 6.72. The number of amides is 1. The van der Waals surface area contributed by atoms with Crippen molar-refractivity contribution in [3.8, 4) is 0 Å². The van der Waals surface area contributed by atoms with Crippen molar-refractivity contribution in [2.24, 2.45) is 11.1 Å². The molecule has 0 aliphatic carbocycles. The van der Waals surface area contributed by atoms with E-state index in [9.17, 15) is 4.79 Å². The molecule has 0 heterocycles. The zero-order valence-corrected chi connectivity index (χ0v) is 13.1. The van der Waals surface area contributed by atoms with Gasteiger partial charge in [-0.15, -0.1) is 0 Å². The van der Waals surface area contributed by atoms with E-state index >= 15 is 0 Å². The highest BCUT2D eigenvalue weighted by Gasteiger charge is 2.41. The number of nitrogens with zero attached hydrogens (tertiary/aromatic N) is 1. The molecule has 0 spiro atoms. The normalized spacial score (nSPS) is 12.4. The van der Waals surface area contributed by atoms with E-state index in [-0.39, 0.29) is 5.91 Å². The summed E-state index contributed by atoms with van der Waals surface area (Å²) in [5.74, 6) is 0.0370. The Hall–Kier alpha value is -1.06. The molecule has 0 atom stereocenters. The Morgan fingerprint density at radius 1 is 1.21 bits per heavy atom. The van der Waals surface area contributed by atoms with E-state index in [2.05, 4.69) is 0 Å². The van der Waals surface area contributed by atoms with Crippen LogP contribution in [0.3, 0.4) is 0 Å². The molecule has 0 bridgehead atoms. The second-order valence-corrected chi connectivity index (χ2v) is 6.57. The minimum Gasteiger partial charge on any atom is -0.341 e. The Balaban J connectivity index is 2.81. The average Bonchev–Trinajstić information content (AvgIpc) is 2.29. The predicted molar refractivity (Wildman–Crippen MR) is 80.0 cm³/mol. The molecule has 0 saturated heterocycles. The fraction of sp³-hybridized carbons (Fsp3) is 0.533. The van der Waals surface area contributed by atoms with Gasteiger partial charge in [0.05, 0.1) is 5.41 Å². The first-order chi connectivity index (χ1) is 8.55. The van der Waals surface area contributed by atoms with Crippen molar-refractivity contribution >= 4 is 17.5 Å². The summed E-state index contributed by atoms with van der Waals surface area (Å²) in [6.45, 7) is 8.07. The molecule has 3 nitrogen and oxygen atoms in total. The molecule has 0 aliphatic heterocycles. The highest BCUT2D eigenvalue weighted by atomic mass is 35.5. The molecule has 1 aromatic rings. The van der Waals surface area contributed by atoms with Gasteiger partial charge in [-0.1, -0.05) is 23.7 Å². The lowest BCUT2D eigenvalue weighted by Crippen LogP contribution is -2.55. The maximum atomic E-state index is 12.5. The van der Waals surface area contributed by atoms with Gasteiger partial charge in [-0.05, 0) is 45.4 Å². The zero-order valence-electron chi connectivity index (χ0n) is 12.3. The fourth-order valence-corrected chi connectivity index (χ4v) is 1.81. The van der Waals surface area contributed by atoms with Gasteiger partial charge in [0.2, 0.25) is 5.91 Å². The van der Waals surface area contributed by atoms with Crippen LogP contribution in [0.2, 0.25) is 5.02 Å². The molecule has 0 aliphatic rings. The summed E-state index contributed by atoms with van der Waals surface area (Å²) >= 11 is 5.85. The number of hydrogen-bond donors (Lipinski definition) is 1. The SMILES string of the molecule is CN(Cc1ccc(Cl)cc1)C(=O)C(C)(C)C(C)(C)N. The number of nitrogens with two attached hydrogens (primary N) is 1.